The van der Waals surface area contributed by atoms with E-state index in [0.29, 0.717) is 16.9 Å². The van der Waals surface area contributed by atoms with E-state index in [2.05, 4.69) is 5.32 Å². The van der Waals surface area contributed by atoms with Crippen LogP contribution < -0.4 is 10.1 Å². The van der Waals surface area contributed by atoms with Gasteiger partial charge in [-0.05, 0) is 61.9 Å². The SMILES string of the molecule is CC[C@@H](C)NC(=O)COc1ccc(C(=O)c2ccc(F)cc2)cc1. The predicted molar refractivity (Wildman–Crippen MR) is 89.7 cm³/mol. The summed E-state index contributed by atoms with van der Waals surface area (Å²) in [4.78, 5) is 23.9. The molecule has 0 aliphatic heterocycles. The monoisotopic (exact) mass is 329 g/mol. The lowest BCUT2D eigenvalue weighted by Gasteiger charge is -2.12. The Morgan fingerprint density at radius 3 is 2.12 bits per heavy atom. The highest BCUT2D eigenvalue weighted by Gasteiger charge is 2.10. The molecule has 0 saturated heterocycles. The highest BCUT2D eigenvalue weighted by molar-refractivity contribution is 6.09. The number of ketones is 1. The molecule has 0 aromatic heterocycles. The van der Waals surface area contributed by atoms with E-state index in [1.165, 1.54) is 24.3 Å². The fourth-order valence-electron chi connectivity index (χ4n) is 2.04. The third-order valence-electron chi connectivity index (χ3n) is 3.61. The second kappa shape index (κ2) is 8.24. The van der Waals surface area contributed by atoms with Gasteiger partial charge in [0, 0.05) is 17.2 Å². The van der Waals surface area contributed by atoms with Gasteiger partial charge in [0.1, 0.15) is 11.6 Å². The Labute approximate surface area is 140 Å². The van der Waals surface area contributed by atoms with E-state index in [-0.39, 0.29) is 30.2 Å². The maximum Gasteiger partial charge on any atom is 0.258 e. The average molecular weight is 329 g/mol. The van der Waals surface area contributed by atoms with Crippen LogP contribution in [0.5, 0.6) is 5.75 Å². The quantitative estimate of drug-likeness (QED) is 0.793. The molecule has 1 amide bonds. The van der Waals surface area contributed by atoms with Crippen molar-refractivity contribution in [2.75, 3.05) is 6.61 Å². The van der Waals surface area contributed by atoms with E-state index < -0.39 is 0 Å². The molecule has 0 fully saturated rings. The van der Waals surface area contributed by atoms with Crippen molar-refractivity contribution in [3.05, 3.63) is 65.5 Å². The summed E-state index contributed by atoms with van der Waals surface area (Å²) in [5.41, 5.74) is 0.885. The molecule has 1 N–H and O–H groups in total. The lowest BCUT2D eigenvalue weighted by molar-refractivity contribution is -0.123. The van der Waals surface area contributed by atoms with Crippen molar-refractivity contribution in [1.82, 2.24) is 5.32 Å². The van der Waals surface area contributed by atoms with Gasteiger partial charge in [-0.1, -0.05) is 6.92 Å². The molecule has 2 aromatic rings. The van der Waals surface area contributed by atoms with E-state index >= 15 is 0 Å². The molecule has 0 aliphatic rings. The van der Waals surface area contributed by atoms with Crippen molar-refractivity contribution in [3.63, 3.8) is 0 Å². The third kappa shape index (κ3) is 4.91. The van der Waals surface area contributed by atoms with Gasteiger partial charge >= 0.3 is 0 Å². The van der Waals surface area contributed by atoms with Crippen LogP contribution in [-0.2, 0) is 4.79 Å². The lowest BCUT2D eigenvalue weighted by Crippen LogP contribution is -2.35. The minimum absolute atomic E-state index is 0.0738. The Balaban J connectivity index is 1.94. The molecule has 0 aliphatic carbocycles. The van der Waals surface area contributed by atoms with Gasteiger partial charge in [0.2, 0.25) is 0 Å². The minimum atomic E-state index is -0.383. The van der Waals surface area contributed by atoms with E-state index in [1.54, 1.807) is 24.3 Å². The van der Waals surface area contributed by atoms with Crippen LogP contribution in [-0.4, -0.2) is 24.3 Å². The molecule has 4 nitrogen and oxygen atoms in total. The summed E-state index contributed by atoms with van der Waals surface area (Å²) in [6.07, 6.45) is 0.853. The van der Waals surface area contributed by atoms with Crippen LogP contribution in [0.15, 0.2) is 48.5 Å². The molecule has 0 spiro atoms. The Morgan fingerprint density at radius 2 is 1.58 bits per heavy atom. The largest absolute Gasteiger partial charge is 0.484 e. The van der Waals surface area contributed by atoms with Crippen LogP contribution >= 0.6 is 0 Å². The minimum Gasteiger partial charge on any atom is -0.484 e. The average Bonchev–Trinajstić information content (AvgIpc) is 2.60. The number of benzene rings is 2. The smallest absolute Gasteiger partial charge is 0.258 e. The summed E-state index contributed by atoms with van der Waals surface area (Å²) in [5.74, 6) is -0.261. The summed E-state index contributed by atoms with van der Waals surface area (Å²) in [7, 11) is 0. The Morgan fingerprint density at radius 1 is 1.04 bits per heavy atom. The van der Waals surface area contributed by atoms with Gasteiger partial charge in [0.15, 0.2) is 12.4 Å². The summed E-state index contributed by atoms with van der Waals surface area (Å²) in [5, 5.41) is 2.81. The van der Waals surface area contributed by atoms with Gasteiger partial charge in [-0.2, -0.15) is 0 Å². The number of ether oxygens (including phenoxy) is 1. The maximum atomic E-state index is 12.9. The van der Waals surface area contributed by atoms with Gasteiger partial charge in [-0.3, -0.25) is 9.59 Å². The number of rotatable bonds is 7. The molecular weight excluding hydrogens is 309 g/mol. The Hall–Kier alpha value is -2.69. The number of carbonyl (C=O) groups is 2. The van der Waals surface area contributed by atoms with Gasteiger partial charge in [0.25, 0.3) is 5.91 Å². The first-order valence-electron chi connectivity index (χ1n) is 7.82. The first-order chi connectivity index (χ1) is 11.5. The summed E-state index contributed by atoms with van der Waals surface area (Å²) >= 11 is 0. The van der Waals surface area contributed by atoms with Gasteiger partial charge in [-0.25, -0.2) is 4.39 Å². The molecule has 0 radical (unpaired) electrons. The summed E-state index contributed by atoms with van der Waals surface area (Å²) < 4.78 is 18.3. The second-order valence-electron chi connectivity index (χ2n) is 5.53. The molecule has 24 heavy (non-hydrogen) atoms. The van der Waals surface area contributed by atoms with Crippen molar-refractivity contribution in [2.24, 2.45) is 0 Å². The second-order valence-corrected chi connectivity index (χ2v) is 5.53. The Kier molecular flexibility index (Phi) is 6.07. The van der Waals surface area contributed by atoms with E-state index in [9.17, 15) is 14.0 Å². The number of halogens is 1. The van der Waals surface area contributed by atoms with Crippen LogP contribution in [0.1, 0.15) is 36.2 Å². The van der Waals surface area contributed by atoms with Crippen LogP contribution in [0.2, 0.25) is 0 Å². The molecule has 0 saturated carbocycles. The number of amides is 1. The maximum absolute atomic E-state index is 12.9. The first kappa shape index (κ1) is 17.7. The van der Waals surface area contributed by atoms with Crippen molar-refractivity contribution >= 4 is 11.7 Å². The third-order valence-corrected chi connectivity index (χ3v) is 3.61. The van der Waals surface area contributed by atoms with E-state index in [1.807, 2.05) is 13.8 Å². The van der Waals surface area contributed by atoms with Crippen LogP contribution in [0.3, 0.4) is 0 Å². The zero-order valence-corrected chi connectivity index (χ0v) is 13.7. The molecule has 0 bridgehead atoms. The summed E-state index contributed by atoms with van der Waals surface area (Å²) in [6, 6.07) is 12.0. The zero-order valence-electron chi connectivity index (χ0n) is 13.7. The normalized spacial score (nSPS) is 11.6. The number of hydrogen-bond acceptors (Lipinski definition) is 3. The highest BCUT2D eigenvalue weighted by atomic mass is 19.1. The van der Waals surface area contributed by atoms with E-state index in [0.717, 1.165) is 6.42 Å². The van der Waals surface area contributed by atoms with Crippen LogP contribution in [0.4, 0.5) is 4.39 Å². The molecular formula is C19H20FNO3. The predicted octanol–water partition coefficient (Wildman–Crippen LogP) is 3.35. The standard InChI is InChI=1S/C19H20FNO3/c1-3-13(2)21-18(22)12-24-17-10-6-15(7-11-17)19(23)14-4-8-16(20)9-5-14/h4-11,13H,3,12H2,1-2H3,(H,21,22)/t13-/m1/s1. The fourth-order valence-corrected chi connectivity index (χ4v) is 2.04. The molecule has 5 heteroatoms. The van der Waals surface area contributed by atoms with Crippen molar-refractivity contribution in [3.8, 4) is 5.75 Å². The highest BCUT2D eigenvalue weighted by Crippen LogP contribution is 2.16. The van der Waals surface area contributed by atoms with Crippen LogP contribution in [0.25, 0.3) is 0 Å². The molecule has 1 atom stereocenters. The number of carbonyl (C=O) groups excluding carboxylic acids is 2. The topological polar surface area (TPSA) is 55.4 Å². The molecule has 0 heterocycles. The molecule has 2 rings (SSSR count). The van der Waals surface area contributed by atoms with Gasteiger partial charge in [0.05, 0.1) is 0 Å². The first-order valence-corrected chi connectivity index (χ1v) is 7.82. The van der Waals surface area contributed by atoms with Crippen LogP contribution in [0, 0.1) is 5.82 Å². The molecule has 0 unspecified atom stereocenters. The van der Waals surface area contributed by atoms with E-state index in [4.69, 9.17) is 4.74 Å². The summed E-state index contributed by atoms with van der Waals surface area (Å²) in [6.45, 7) is 3.84. The Bertz CT molecular complexity index is 696. The lowest BCUT2D eigenvalue weighted by atomic mass is 10.0. The number of hydrogen-bond donors (Lipinski definition) is 1. The number of nitrogens with one attached hydrogen (secondary N) is 1. The molecule has 2 aromatic carbocycles. The van der Waals surface area contributed by atoms with Crippen molar-refractivity contribution < 1.29 is 18.7 Å². The van der Waals surface area contributed by atoms with Gasteiger partial charge < -0.3 is 10.1 Å². The van der Waals surface area contributed by atoms with Crippen molar-refractivity contribution in [1.29, 1.82) is 0 Å². The molecule has 126 valence electrons. The van der Waals surface area contributed by atoms with Crippen molar-refractivity contribution in [2.45, 2.75) is 26.3 Å². The fraction of sp³-hybridized carbons (Fsp3) is 0.263. The van der Waals surface area contributed by atoms with Gasteiger partial charge in [-0.15, -0.1) is 0 Å². The zero-order chi connectivity index (χ0) is 17.5.